The van der Waals surface area contributed by atoms with E-state index in [0.29, 0.717) is 25.9 Å². The highest BCUT2D eigenvalue weighted by Crippen LogP contribution is 2.15. The van der Waals surface area contributed by atoms with Crippen molar-refractivity contribution >= 4 is 18.5 Å². The number of rotatable bonds is 2. The zero-order chi connectivity index (χ0) is 14.0. The Balaban J connectivity index is 2.20. The van der Waals surface area contributed by atoms with Crippen molar-refractivity contribution in [3.63, 3.8) is 0 Å². The van der Waals surface area contributed by atoms with Crippen molar-refractivity contribution < 1.29 is 24.3 Å². The van der Waals surface area contributed by atoms with Crippen molar-refractivity contribution in [2.24, 2.45) is 0 Å². The zero-order valence-corrected chi connectivity index (χ0v) is 10.3. The standard InChI is InChI=1S/C12H15BFNO4/c14-11-2-1-8(13(18)19)7-10(11)12(17)15-5-3-9(16)4-6-15/h1-2,7,9,16,18-19H,3-6H2. The van der Waals surface area contributed by atoms with Gasteiger partial charge in [0, 0.05) is 13.1 Å². The Hall–Kier alpha value is -1.44. The molecule has 2 rings (SSSR count). The number of carbonyl (C=O) groups excluding carboxylic acids is 1. The predicted molar refractivity (Wildman–Crippen MR) is 67.4 cm³/mol. The molecule has 1 saturated heterocycles. The third-order valence-electron chi connectivity index (χ3n) is 3.27. The van der Waals surface area contributed by atoms with Crippen LogP contribution >= 0.6 is 0 Å². The molecule has 1 aliphatic heterocycles. The van der Waals surface area contributed by atoms with E-state index in [4.69, 9.17) is 10.0 Å². The van der Waals surface area contributed by atoms with Gasteiger partial charge in [-0.2, -0.15) is 0 Å². The molecule has 102 valence electrons. The second-order valence-corrected chi connectivity index (χ2v) is 4.64. The van der Waals surface area contributed by atoms with E-state index in [2.05, 4.69) is 0 Å². The van der Waals surface area contributed by atoms with Gasteiger partial charge in [0.05, 0.1) is 11.7 Å². The average Bonchev–Trinajstić information content (AvgIpc) is 2.39. The monoisotopic (exact) mass is 267 g/mol. The van der Waals surface area contributed by atoms with Crippen LogP contribution in [0.3, 0.4) is 0 Å². The van der Waals surface area contributed by atoms with Gasteiger partial charge in [0.15, 0.2) is 0 Å². The highest BCUT2D eigenvalue weighted by atomic mass is 19.1. The van der Waals surface area contributed by atoms with Crippen LogP contribution in [0.1, 0.15) is 23.2 Å². The lowest BCUT2D eigenvalue weighted by Gasteiger charge is -2.29. The fourth-order valence-electron chi connectivity index (χ4n) is 2.11. The van der Waals surface area contributed by atoms with E-state index < -0.39 is 24.9 Å². The van der Waals surface area contributed by atoms with E-state index in [9.17, 15) is 14.3 Å². The molecule has 0 aliphatic carbocycles. The minimum Gasteiger partial charge on any atom is -0.423 e. The number of halogens is 1. The molecule has 0 unspecified atom stereocenters. The normalized spacial score (nSPS) is 16.5. The van der Waals surface area contributed by atoms with Gasteiger partial charge in [0.2, 0.25) is 0 Å². The molecule has 1 heterocycles. The molecular weight excluding hydrogens is 252 g/mol. The lowest BCUT2D eigenvalue weighted by atomic mass is 9.79. The molecule has 7 heteroatoms. The first-order valence-corrected chi connectivity index (χ1v) is 6.12. The maximum atomic E-state index is 13.7. The molecular formula is C12H15BFNO4. The average molecular weight is 267 g/mol. The van der Waals surface area contributed by atoms with Gasteiger partial charge in [0.1, 0.15) is 5.82 Å². The molecule has 5 nitrogen and oxygen atoms in total. The van der Waals surface area contributed by atoms with Gasteiger partial charge in [-0.05, 0) is 30.4 Å². The van der Waals surface area contributed by atoms with E-state index >= 15 is 0 Å². The summed E-state index contributed by atoms with van der Waals surface area (Å²) in [7, 11) is -1.74. The number of aliphatic hydroxyl groups is 1. The number of hydrogen-bond acceptors (Lipinski definition) is 4. The summed E-state index contributed by atoms with van der Waals surface area (Å²) >= 11 is 0. The van der Waals surface area contributed by atoms with E-state index in [1.807, 2.05) is 0 Å². The van der Waals surface area contributed by atoms with Crippen LogP contribution in [0.5, 0.6) is 0 Å². The van der Waals surface area contributed by atoms with Crippen LogP contribution in [0.25, 0.3) is 0 Å². The Bertz CT molecular complexity index is 475. The van der Waals surface area contributed by atoms with E-state index in [-0.39, 0.29) is 11.0 Å². The van der Waals surface area contributed by atoms with Crippen molar-refractivity contribution in [2.45, 2.75) is 18.9 Å². The molecule has 19 heavy (non-hydrogen) atoms. The molecule has 0 radical (unpaired) electrons. The van der Waals surface area contributed by atoms with E-state index in [1.54, 1.807) is 0 Å². The van der Waals surface area contributed by atoms with Gasteiger partial charge in [-0.3, -0.25) is 4.79 Å². The van der Waals surface area contributed by atoms with Crippen molar-refractivity contribution in [1.29, 1.82) is 0 Å². The molecule has 0 bridgehead atoms. The molecule has 1 amide bonds. The Morgan fingerprint density at radius 3 is 2.53 bits per heavy atom. The van der Waals surface area contributed by atoms with Gasteiger partial charge in [-0.1, -0.05) is 6.07 Å². The second-order valence-electron chi connectivity index (χ2n) is 4.64. The summed E-state index contributed by atoms with van der Waals surface area (Å²) in [5.74, 6) is -1.19. The highest BCUT2D eigenvalue weighted by Gasteiger charge is 2.25. The summed E-state index contributed by atoms with van der Waals surface area (Å²) in [4.78, 5) is 13.6. The third kappa shape index (κ3) is 3.12. The maximum absolute atomic E-state index is 13.7. The predicted octanol–water partition coefficient (Wildman–Crippen LogP) is -0.898. The number of hydrogen-bond donors (Lipinski definition) is 3. The summed E-state index contributed by atoms with van der Waals surface area (Å²) in [5.41, 5.74) is -0.108. The van der Waals surface area contributed by atoms with Crippen LogP contribution in [0.15, 0.2) is 18.2 Å². The fraction of sp³-hybridized carbons (Fsp3) is 0.417. The van der Waals surface area contributed by atoms with Gasteiger partial charge >= 0.3 is 7.12 Å². The Morgan fingerprint density at radius 1 is 1.32 bits per heavy atom. The Labute approximate surface area is 110 Å². The molecule has 3 N–H and O–H groups in total. The smallest absolute Gasteiger partial charge is 0.423 e. The minimum atomic E-state index is -1.74. The largest absolute Gasteiger partial charge is 0.488 e. The van der Waals surface area contributed by atoms with Crippen molar-refractivity contribution in [1.82, 2.24) is 4.90 Å². The molecule has 1 aromatic rings. The van der Waals surface area contributed by atoms with Crippen LogP contribution in [0.4, 0.5) is 4.39 Å². The molecule has 1 fully saturated rings. The third-order valence-corrected chi connectivity index (χ3v) is 3.27. The van der Waals surface area contributed by atoms with Crippen LogP contribution in [-0.4, -0.2) is 52.3 Å². The topological polar surface area (TPSA) is 81.0 Å². The number of likely N-dealkylation sites (tertiary alicyclic amines) is 1. The first-order valence-electron chi connectivity index (χ1n) is 6.12. The number of nitrogens with zero attached hydrogens (tertiary/aromatic N) is 1. The van der Waals surface area contributed by atoms with Crippen LogP contribution in [0.2, 0.25) is 0 Å². The Morgan fingerprint density at radius 2 is 1.95 bits per heavy atom. The number of piperidine rings is 1. The number of carbonyl (C=O) groups is 1. The highest BCUT2D eigenvalue weighted by molar-refractivity contribution is 6.58. The molecule has 1 aromatic carbocycles. The summed E-state index contributed by atoms with van der Waals surface area (Å²) in [6.07, 6.45) is 0.519. The number of aliphatic hydroxyl groups excluding tert-OH is 1. The summed E-state index contributed by atoms with van der Waals surface area (Å²) in [5, 5.41) is 27.5. The van der Waals surface area contributed by atoms with Crippen LogP contribution < -0.4 is 5.46 Å². The van der Waals surface area contributed by atoms with Crippen LogP contribution in [-0.2, 0) is 0 Å². The first kappa shape index (κ1) is 14.0. The summed E-state index contributed by atoms with van der Waals surface area (Å²) in [6.45, 7) is 0.733. The van der Waals surface area contributed by atoms with E-state index in [1.165, 1.54) is 11.0 Å². The summed E-state index contributed by atoms with van der Waals surface area (Å²) < 4.78 is 13.7. The van der Waals surface area contributed by atoms with Gasteiger partial charge in [-0.25, -0.2) is 4.39 Å². The van der Waals surface area contributed by atoms with Crippen LogP contribution in [0, 0.1) is 5.82 Å². The first-order chi connectivity index (χ1) is 8.99. The molecule has 0 atom stereocenters. The fourth-order valence-corrected chi connectivity index (χ4v) is 2.11. The van der Waals surface area contributed by atoms with Crippen molar-refractivity contribution in [2.75, 3.05) is 13.1 Å². The lowest BCUT2D eigenvalue weighted by molar-refractivity contribution is 0.0543. The van der Waals surface area contributed by atoms with Crippen molar-refractivity contribution in [3.05, 3.63) is 29.6 Å². The summed E-state index contributed by atoms with van der Waals surface area (Å²) in [6, 6.07) is 3.41. The van der Waals surface area contributed by atoms with E-state index in [0.717, 1.165) is 12.1 Å². The molecule has 0 saturated carbocycles. The Kier molecular flexibility index (Phi) is 4.19. The SMILES string of the molecule is O=C(c1cc(B(O)O)ccc1F)N1CCC(O)CC1. The minimum absolute atomic E-state index is 0.0711. The quantitative estimate of drug-likeness (QED) is 0.607. The number of benzene rings is 1. The second kappa shape index (κ2) is 5.69. The van der Waals surface area contributed by atoms with Crippen molar-refractivity contribution in [3.8, 4) is 0 Å². The van der Waals surface area contributed by atoms with Gasteiger partial charge in [-0.15, -0.1) is 0 Å². The zero-order valence-electron chi connectivity index (χ0n) is 10.3. The van der Waals surface area contributed by atoms with Gasteiger partial charge < -0.3 is 20.1 Å². The molecule has 1 aliphatic rings. The van der Waals surface area contributed by atoms with Gasteiger partial charge in [0.25, 0.3) is 5.91 Å². The molecule has 0 spiro atoms. The number of amides is 1. The lowest BCUT2D eigenvalue weighted by Crippen LogP contribution is -2.41. The maximum Gasteiger partial charge on any atom is 0.488 e. The molecule has 0 aromatic heterocycles.